The first-order valence-corrected chi connectivity index (χ1v) is 12.2. The van der Waals surface area contributed by atoms with Crippen LogP contribution in [0.3, 0.4) is 0 Å². The lowest BCUT2D eigenvalue weighted by Crippen LogP contribution is -2.45. The topological polar surface area (TPSA) is 88.5 Å². The van der Waals surface area contributed by atoms with Gasteiger partial charge in [-0.2, -0.15) is 0 Å². The minimum Gasteiger partial charge on any atom is -0.324 e. The van der Waals surface area contributed by atoms with Crippen LogP contribution in [-0.2, 0) is 14.8 Å². The van der Waals surface area contributed by atoms with E-state index in [0.717, 1.165) is 37.7 Å². The summed E-state index contributed by atoms with van der Waals surface area (Å²) in [6.45, 7) is 7.29. The quantitative estimate of drug-likeness (QED) is 0.623. The van der Waals surface area contributed by atoms with Gasteiger partial charge in [0.2, 0.25) is 15.9 Å². The number of amides is 1. The second kappa shape index (κ2) is 8.23. The molecule has 9 heteroatoms. The SMILES string of the molecule is Cc1cccc(N([C@H](C)C(=O)Nc2ccc3c(c2)sc(=O)n3C(C)C)S(C)(=O)=O)c1. The summed E-state index contributed by atoms with van der Waals surface area (Å²) in [5.74, 6) is -0.461. The van der Waals surface area contributed by atoms with Gasteiger partial charge in [0, 0.05) is 11.7 Å². The fraction of sp³-hybridized carbons (Fsp3) is 0.333. The lowest BCUT2D eigenvalue weighted by molar-refractivity contribution is -0.116. The summed E-state index contributed by atoms with van der Waals surface area (Å²) >= 11 is 1.12. The van der Waals surface area contributed by atoms with Crippen LogP contribution >= 0.6 is 11.3 Å². The van der Waals surface area contributed by atoms with E-state index in [-0.39, 0.29) is 10.9 Å². The Balaban J connectivity index is 1.91. The van der Waals surface area contributed by atoms with Crippen molar-refractivity contribution in [2.45, 2.75) is 39.8 Å². The number of thiazole rings is 1. The molecule has 0 aliphatic rings. The molecule has 2 aromatic carbocycles. The molecule has 3 aromatic rings. The number of hydrogen-bond donors (Lipinski definition) is 1. The van der Waals surface area contributed by atoms with Crippen molar-refractivity contribution < 1.29 is 13.2 Å². The highest BCUT2D eigenvalue weighted by atomic mass is 32.2. The number of carbonyl (C=O) groups excluding carboxylic acids is 1. The molecule has 7 nitrogen and oxygen atoms in total. The Kier molecular flexibility index (Phi) is 6.05. The van der Waals surface area contributed by atoms with Crippen molar-refractivity contribution >= 4 is 48.9 Å². The molecule has 0 unspecified atom stereocenters. The monoisotopic (exact) mass is 447 g/mol. The molecule has 0 saturated heterocycles. The van der Waals surface area contributed by atoms with Gasteiger partial charge in [0.1, 0.15) is 6.04 Å². The van der Waals surface area contributed by atoms with Gasteiger partial charge in [-0.25, -0.2) is 8.42 Å². The predicted molar refractivity (Wildman–Crippen MR) is 123 cm³/mol. The first-order chi connectivity index (χ1) is 14.0. The minimum absolute atomic E-state index is 0.0318. The smallest absolute Gasteiger partial charge is 0.308 e. The van der Waals surface area contributed by atoms with E-state index in [9.17, 15) is 18.0 Å². The molecule has 0 aliphatic heterocycles. The molecule has 3 rings (SSSR count). The molecule has 160 valence electrons. The van der Waals surface area contributed by atoms with Gasteiger partial charge in [0.15, 0.2) is 0 Å². The van der Waals surface area contributed by atoms with Crippen molar-refractivity contribution in [1.29, 1.82) is 0 Å². The van der Waals surface area contributed by atoms with E-state index in [2.05, 4.69) is 5.32 Å². The zero-order chi connectivity index (χ0) is 22.2. The number of benzene rings is 2. The van der Waals surface area contributed by atoms with E-state index in [1.165, 1.54) is 0 Å². The molecule has 30 heavy (non-hydrogen) atoms. The molecule has 0 saturated carbocycles. The number of anilines is 2. The van der Waals surface area contributed by atoms with E-state index in [1.54, 1.807) is 47.9 Å². The molecule has 1 aromatic heterocycles. The average Bonchev–Trinajstić information content (AvgIpc) is 2.95. The zero-order valence-corrected chi connectivity index (χ0v) is 19.2. The Labute approximate surface area is 180 Å². The van der Waals surface area contributed by atoms with Crippen molar-refractivity contribution in [3.8, 4) is 0 Å². The van der Waals surface area contributed by atoms with Crippen LogP contribution in [0.1, 0.15) is 32.4 Å². The standard InChI is InChI=1S/C21H25N3O4S2/c1-13(2)23-18-10-9-16(12-19(18)29-21(23)26)22-20(25)15(4)24(30(5,27)28)17-8-6-7-14(3)11-17/h6-13,15H,1-5H3,(H,22,25)/t15-/m1/s1. The highest BCUT2D eigenvalue weighted by Gasteiger charge is 2.29. The van der Waals surface area contributed by atoms with Gasteiger partial charge >= 0.3 is 4.87 Å². The van der Waals surface area contributed by atoms with E-state index in [0.29, 0.717) is 11.4 Å². The summed E-state index contributed by atoms with van der Waals surface area (Å²) in [7, 11) is -3.69. The first-order valence-electron chi connectivity index (χ1n) is 9.51. The molecule has 0 radical (unpaired) electrons. The second-order valence-electron chi connectivity index (χ2n) is 7.58. The highest BCUT2D eigenvalue weighted by Crippen LogP contribution is 2.26. The van der Waals surface area contributed by atoms with Crippen LogP contribution < -0.4 is 14.5 Å². The average molecular weight is 448 g/mol. The lowest BCUT2D eigenvalue weighted by Gasteiger charge is -2.28. The number of nitrogens with one attached hydrogen (secondary N) is 1. The molecule has 1 amide bonds. The second-order valence-corrected chi connectivity index (χ2v) is 10.4. The van der Waals surface area contributed by atoms with Gasteiger partial charge < -0.3 is 5.32 Å². The molecule has 0 aliphatic carbocycles. The largest absolute Gasteiger partial charge is 0.324 e. The summed E-state index contributed by atoms with van der Waals surface area (Å²) in [5, 5.41) is 2.78. The Morgan fingerprint density at radius 2 is 1.83 bits per heavy atom. The van der Waals surface area contributed by atoms with Crippen molar-refractivity contribution in [3.63, 3.8) is 0 Å². The first kappa shape index (κ1) is 22.0. The van der Waals surface area contributed by atoms with Crippen LogP contribution in [0.25, 0.3) is 10.2 Å². The molecule has 1 N–H and O–H groups in total. The summed E-state index contributed by atoms with van der Waals surface area (Å²) in [6, 6.07) is 11.3. The Hall–Kier alpha value is -2.65. The van der Waals surface area contributed by atoms with E-state index >= 15 is 0 Å². The molecule has 1 heterocycles. The van der Waals surface area contributed by atoms with Crippen LogP contribution in [0.4, 0.5) is 11.4 Å². The summed E-state index contributed by atoms with van der Waals surface area (Å²) < 4.78 is 28.4. The van der Waals surface area contributed by atoms with Gasteiger partial charge in [-0.3, -0.25) is 18.5 Å². The van der Waals surface area contributed by atoms with Crippen LogP contribution in [0.5, 0.6) is 0 Å². The normalized spacial score (nSPS) is 12.9. The number of aromatic nitrogens is 1. The number of fused-ring (bicyclic) bond motifs is 1. The highest BCUT2D eigenvalue weighted by molar-refractivity contribution is 7.92. The Morgan fingerprint density at radius 3 is 2.43 bits per heavy atom. The third kappa shape index (κ3) is 4.41. The summed E-state index contributed by atoms with van der Waals surface area (Å²) in [4.78, 5) is 25.1. The van der Waals surface area contributed by atoms with E-state index in [4.69, 9.17) is 0 Å². The lowest BCUT2D eigenvalue weighted by atomic mass is 10.2. The zero-order valence-electron chi connectivity index (χ0n) is 17.5. The van der Waals surface area contributed by atoms with Crippen molar-refractivity contribution in [3.05, 3.63) is 57.7 Å². The van der Waals surface area contributed by atoms with Crippen LogP contribution in [-0.4, -0.2) is 31.2 Å². The van der Waals surface area contributed by atoms with Crippen LogP contribution in [0.15, 0.2) is 47.3 Å². The number of nitrogens with zero attached hydrogens (tertiary/aromatic N) is 2. The maximum atomic E-state index is 12.9. The molecule has 0 spiro atoms. The molecule has 0 fully saturated rings. The predicted octanol–water partition coefficient (Wildman–Crippen LogP) is 3.75. The molecular formula is C21H25N3O4S2. The number of rotatable bonds is 6. The fourth-order valence-electron chi connectivity index (χ4n) is 3.42. The number of aryl methyl sites for hydroxylation is 1. The van der Waals surface area contributed by atoms with Gasteiger partial charge in [0.05, 0.1) is 22.2 Å². The van der Waals surface area contributed by atoms with E-state index in [1.807, 2.05) is 26.8 Å². The maximum absolute atomic E-state index is 12.9. The molecular weight excluding hydrogens is 422 g/mol. The van der Waals surface area contributed by atoms with Crippen LogP contribution in [0, 0.1) is 6.92 Å². The van der Waals surface area contributed by atoms with Crippen molar-refractivity contribution in [1.82, 2.24) is 4.57 Å². The Bertz CT molecular complexity index is 1260. The van der Waals surface area contributed by atoms with Gasteiger partial charge in [0.25, 0.3) is 0 Å². The number of hydrogen-bond acceptors (Lipinski definition) is 5. The minimum atomic E-state index is -3.69. The van der Waals surface area contributed by atoms with Gasteiger partial charge in [-0.1, -0.05) is 23.5 Å². The molecule has 0 bridgehead atoms. The number of sulfonamides is 1. The maximum Gasteiger partial charge on any atom is 0.308 e. The Morgan fingerprint density at radius 1 is 1.13 bits per heavy atom. The third-order valence-electron chi connectivity index (χ3n) is 4.74. The van der Waals surface area contributed by atoms with Gasteiger partial charge in [-0.05, 0) is 63.6 Å². The third-order valence-corrected chi connectivity index (χ3v) is 6.90. The van der Waals surface area contributed by atoms with Crippen molar-refractivity contribution in [2.24, 2.45) is 0 Å². The van der Waals surface area contributed by atoms with Crippen molar-refractivity contribution in [2.75, 3.05) is 15.9 Å². The molecule has 1 atom stereocenters. The van der Waals surface area contributed by atoms with E-state index < -0.39 is 22.0 Å². The fourth-order valence-corrected chi connectivity index (χ4v) is 5.64. The van der Waals surface area contributed by atoms with Gasteiger partial charge in [-0.15, -0.1) is 0 Å². The van der Waals surface area contributed by atoms with Crippen LogP contribution in [0.2, 0.25) is 0 Å². The summed E-state index contributed by atoms with van der Waals surface area (Å²) in [6.07, 6.45) is 1.08. The number of carbonyl (C=O) groups is 1. The summed E-state index contributed by atoms with van der Waals surface area (Å²) in [5.41, 5.74) is 2.64.